The molecule has 0 saturated carbocycles. The predicted octanol–water partition coefficient (Wildman–Crippen LogP) is 1.46. The van der Waals surface area contributed by atoms with E-state index < -0.39 is 10.1 Å². The molecule has 1 aromatic heterocycles. The molecule has 0 atom stereocenters. The van der Waals surface area contributed by atoms with Gasteiger partial charge in [-0.1, -0.05) is 0 Å². The van der Waals surface area contributed by atoms with Crippen LogP contribution in [0.1, 0.15) is 12.0 Å². The summed E-state index contributed by atoms with van der Waals surface area (Å²) in [4.78, 5) is 2.03. The van der Waals surface area contributed by atoms with Gasteiger partial charge in [0, 0.05) is 6.54 Å². The zero-order chi connectivity index (χ0) is 11.3. The summed E-state index contributed by atoms with van der Waals surface area (Å²) in [5, 5.41) is 4.08. The maximum Gasteiger partial charge on any atom is 0.264 e. The van der Waals surface area contributed by atoms with Crippen molar-refractivity contribution in [2.45, 2.75) is 13.0 Å². The Kier molecular flexibility index (Phi) is 4.72. The number of hydrogen-bond donors (Lipinski definition) is 1. The van der Waals surface area contributed by atoms with Crippen molar-refractivity contribution < 1.29 is 13.0 Å². The summed E-state index contributed by atoms with van der Waals surface area (Å²) < 4.78 is 29.5. The van der Waals surface area contributed by atoms with E-state index in [1.165, 1.54) is 5.56 Å². The van der Waals surface area contributed by atoms with Crippen molar-refractivity contribution in [2.24, 2.45) is 0 Å². The van der Waals surface area contributed by atoms with E-state index in [9.17, 15) is 8.42 Å². The molecule has 0 fully saturated rings. The molecule has 0 bridgehead atoms. The van der Waals surface area contributed by atoms with Gasteiger partial charge in [-0.3, -0.25) is 4.55 Å². The van der Waals surface area contributed by atoms with Crippen molar-refractivity contribution >= 4 is 21.5 Å². The maximum absolute atomic E-state index is 10.5. The SMILES string of the molecule is CN(CCCS(=O)(=O)O)Cc1ccsc1. The third-order valence-corrected chi connectivity index (χ3v) is 3.51. The molecule has 86 valence electrons. The van der Waals surface area contributed by atoms with E-state index in [1.807, 2.05) is 23.4 Å². The second-order valence-electron chi connectivity index (χ2n) is 3.51. The molecular formula is C9H15NO3S2. The zero-order valence-corrected chi connectivity index (χ0v) is 10.2. The Morgan fingerprint density at radius 2 is 2.27 bits per heavy atom. The van der Waals surface area contributed by atoms with Gasteiger partial charge in [0.2, 0.25) is 0 Å². The minimum atomic E-state index is -3.81. The van der Waals surface area contributed by atoms with E-state index >= 15 is 0 Å². The highest BCUT2D eigenvalue weighted by molar-refractivity contribution is 7.85. The van der Waals surface area contributed by atoms with Gasteiger partial charge in [0.15, 0.2) is 0 Å². The molecule has 1 rings (SSSR count). The lowest BCUT2D eigenvalue weighted by atomic mass is 10.3. The first-order valence-corrected chi connectivity index (χ1v) is 7.17. The molecule has 0 saturated heterocycles. The topological polar surface area (TPSA) is 57.6 Å². The van der Waals surface area contributed by atoms with Gasteiger partial charge in [-0.25, -0.2) is 0 Å². The quantitative estimate of drug-likeness (QED) is 0.775. The van der Waals surface area contributed by atoms with Gasteiger partial charge in [0.1, 0.15) is 0 Å². The van der Waals surface area contributed by atoms with Crippen LogP contribution in [0.15, 0.2) is 16.8 Å². The summed E-state index contributed by atoms with van der Waals surface area (Å²) in [6, 6.07) is 2.05. The fraction of sp³-hybridized carbons (Fsp3) is 0.556. The Balaban J connectivity index is 2.22. The van der Waals surface area contributed by atoms with Crippen LogP contribution in [-0.2, 0) is 16.7 Å². The van der Waals surface area contributed by atoms with E-state index in [1.54, 1.807) is 11.3 Å². The van der Waals surface area contributed by atoms with Crippen LogP contribution in [0.4, 0.5) is 0 Å². The summed E-state index contributed by atoms with van der Waals surface area (Å²) in [6.07, 6.45) is 0.458. The van der Waals surface area contributed by atoms with Crippen molar-refractivity contribution in [2.75, 3.05) is 19.3 Å². The Hall–Kier alpha value is -0.430. The monoisotopic (exact) mass is 249 g/mol. The van der Waals surface area contributed by atoms with Gasteiger partial charge < -0.3 is 4.90 Å². The second-order valence-corrected chi connectivity index (χ2v) is 5.86. The van der Waals surface area contributed by atoms with Crippen LogP contribution in [-0.4, -0.2) is 37.2 Å². The van der Waals surface area contributed by atoms with Crippen LogP contribution < -0.4 is 0 Å². The number of nitrogens with zero attached hydrogens (tertiary/aromatic N) is 1. The first-order valence-electron chi connectivity index (χ1n) is 4.62. The summed E-state index contributed by atoms with van der Waals surface area (Å²) in [7, 11) is -1.87. The normalized spacial score (nSPS) is 12.2. The zero-order valence-electron chi connectivity index (χ0n) is 8.59. The van der Waals surface area contributed by atoms with Crippen molar-refractivity contribution in [3.8, 4) is 0 Å². The van der Waals surface area contributed by atoms with Crippen molar-refractivity contribution in [1.82, 2.24) is 4.90 Å². The molecule has 0 amide bonds. The maximum atomic E-state index is 10.5. The summed E-state index contributed by atoms with van der Waals surface area (Å²) >= 11 is 1.65. The molecule has 0 aromatic carbocycles. The summed E-state index contributed by atoms with van der Waals surface area (Å²) in [6.45, 7) is 1.48. The van der Waals surface area contributed by atoms with Gasteiger partial charge in [0.05, 0.1) is 5.75 Å². The van der Waals surface area contributed by atoms with Gasteiger partial charge in [0.25, 0.3) is 10.1 Å². The highest BCUT2D eigenvalue weighted by Crippen LogP contribution is 2.08. The first kappa shape index (κ1) is 12.6. The molecule has 1 aromatic rings. The number of thiophene rings is 1. The molecule has 1 heterocycles. The predicted molar refractivity (Wildman–Crippen MR) is 61.7 cm³/mol. The average molecular weight is 249 g/mol. The minimum absolute atomic E-state index is 0.166. The van der Waals surface area contributed by atoms with Crippen LogP contribution in [0.5, 0.6) is 0 Å². The van der Waals surface area contributed by atoms with Crippen LogP contribution in [0.3, 0.4) is 0 Å². The third kappa shape index (κ3) is 5.88. The molecule has 0 aliphatic heterocycles. The van der Waals surface area contributed by atoms with Crippen LogP contribution in [0, 0.1) is 0 Å². The lowest BCUT2D eigenvalue weighted by molar-refractivity contribution is 0.327. The summed E-state index contributed by atoms with van der Waals surface area (Å²) in [5.41, 5.74) is 1.23. The lowest BCUT2D eigenvalue weighted by Gasteiger charge is -2.14. The number of hydrogen-bond acceptors (Lipinski definition) is 4. The van der Waals surface area contributed by atoms with E-state index in [2.05, 4.69) is 5.38 Å². The van der Waals surface area contributed by atoms with E-state index in [4.69, 9.17) is 4.55 Å². The highest BCUT2D eigenvalue weighted by atomic mass is 32.2. The van der Waals surface area contributed by atoms with Gasteiger partial charge in [-0.05, 0) is 42.4 Å². The first-order chi connectivity index (χ1) is 6.97. The van der Waals surface area contributed by atoms with E-state index in [0.29, 0.717) is 13.0 Å². The van der Waals surface area contributed by atoms with Gasteiger partial charge >= 0.3 is 0 Å². The van der Waals surface area contributed by atoms with E-state index in [-0.39, 0.29) is 5.75 Å². The minimum Gasteiger partial charge on any atom is -0.302 e. The standard InChI is InChI=1S/C9H15NO3S2/c1-10(4-2-6-15(11,12)13)7-9-3-5-14-8-9/h3,5,8H,2,4,6-7H2,1H3,(H,11,12,13). The molecule has 4 nitrogen and oxygen atoms in total. The van der Waals surface area contributed by atoms with Crippen molar-refractivity contribution in [3.05, 3.63) is 22.4 Å². The fourth-order valence-electron chi connectivity index (χ4n) is 1.29. The van der Waals surface area contributed by atoms with Crippen LogP contribution >= 0.6 is 11.3 Å². The molecule has 0 spiro atoms. The Labute approximate surface area is 94.3 Å². The number of rotatable bonds is 6. The third-order valence-electron chi connectivity index (χ3n) is 1.97. The highest BCUT2D eigenvalue weighted by Gasteiger charge is 2.06. The Morgan fingerprint density at radius 3 is 2.80 bits per heavy atom. The molecule has 15 heavy (non-hydrogen) atoms. The molecular weight excluding hydrogens is 234 g/mol. The molecule has 0 unspecified atom stereocenters. The largest absolute Gasteiger partial charge is 0.302 e. The lowest BCUT2D eigenvalue weighted by Crippen LogP contribution is -2.21. The van der Waals surface area contributed by atoms with Crippen molar-refractivity contribution in [3.63, 3.8) is 0 Å². The Morgan fingerprint density at radius 1 is 1.53 bits per heavy atom. The molecule has 0 radical (unpaired) electrons. The fourth-order valence-corrected chi connectivity index (χ4v) is 2.44. The van der Waals surface area contributed by atoms with Gasteiger partial charge in [-0.2, -0.15) is 19.8 Å². The van der Waals surface area contributed by atoms with Crippen LogP contribution in [0.25, 0.3) is 0 Å². The smallest absolute Gasteiger partial charge is 0.264 e. The molecule has 0 aliphatic carbocycles. The Bertz CT molecular complexity index is 372. The average Bonchev–Trinajstić information content (AvgIpc) is 2.54. The molecule has 6 heteroatoms. The summed E-state index contributed by atoms with van der Waals surface area (Å²) in [5.74, 6) is -0.166. The van der Waals surface area contributed by atoms with Crippen molar-refractivity contribution in [1.29, 1.82) is 0 Å². The van der Waals surface area contributed by atoms with E-state index in [0.717, 1.165) is 6.54 Å². The van der Waals surface area contributed by atoms with Gasteiger partial charge in [-0.15, -0.1) is 0 Å². The molecule has 1 N–H and O–H groups in total. The van der Waals surface area contributed by atoms with Crippen LogP contribution in [0.2, 0.25) is 0 Å². The second kappa shape index (κ2) is 5.60. The molecule has 0 aliphatic rings.